The Morgan fingerprint density at radius 1 is 0.245 bits per heavy atom. The van der Waals surface area contributed by atoms with Crippen LogP contribution in [0.2, 0.25) is 0 Å². The van der Waals surface area contributed by atoms with E-state index in [9.17, 15) is 0 Å². The van der Waals surface area contributed by atoms with Gasteiger partial charge in [-0.15, -0.1) is 0 Å². The summed E-state index contributed by atoms with van der Waals surface area (Å²) in [4.78, 5) is 2.40. The molecule has 49 heavy (non-hydrogen) atoms. The van der Waals surface area contributed by atoms with Gasteiger partial charge in [-0.2, -0.15) is 0 Å². The lowest BCUT2D eigenvalue weighted by molar-refractivity contribution is 1.29. The van der Waals surface area contributed by atoms with Gasteiger partial charge in [-0.3, -0.25) is 0 Å². The fourth-order valence-corrected chi connectivity index (χ4v) is 7.22. The summed E-state index contributed by atoms with van der Waals surface area (Å²) in [5.74, 6) is 0. The van der Waals surface area contributed by atoms with E-state index < -0.39 is 0 Å². The van der Waals surface area contributed by atoms with Crippen molar-refractivity contribution >= 4 is 49.4 Å². The molecular weight excluding hydrogens is 591 g/mol. The van der Waals surface area contributed by atoms with Crippen LogP contribution >= 0.6 is 0 Å². The highest BCUT2D eigenvalue weighted by Gasteiger charge is 2.18. The number of hydrogen-bond donors (Lipinski definition) is 0. The Labute approximate surface area is 287 Å². The molecule has 0 bridgehead atoms. The second-order valence-electron chi connectivity index (χ2n) is 12.6. The topological polar surface area (TPSA) is 3.24 Å². The molecule has 0 aliphatic rings. The van der Waals surface area contributed by atoms with Gasteiger partial charge in [0.1, 0.15) is 0 Å². The predicted molar refractivity (Wildman–Crippen MR) is 210 cm³/mol. The van der Waals surface area contributed by atoms with Gasteiger partial charge in [0.25, 0.3) is 0 Å². The van der Waals surface area contributed by atoms with E-state index in [0.717, 1.165) is 17.1 Å². The van der Waals surface area contributed by atoms with Crippen molar-refractivity contribution in [2.24, 2.45) is 0 Å². The summed E-state index contributed by atoms with van der Waals surface area (Å²) in [6.07, 6.45) is 0. The van der Waals surface area contributed by atoms with Crippen molar-refractivity contribution in [3.05, 3.63) is 200 Å². The predicted octanol–water partition coefficient (Wildman–Crippen LogP) is 13.6. The van der Waals surface area contributed by atoms with Crippen LogP contribution in [0.4, 0.5) is 17.1 Å². The maximum atomic E-state index is 2.40. The van der Waals surface area contributed by atoms with Gasteiger partial charge in [0.15, 0.2) is 0 Å². The van der Waals surface area contributed by atoms with Crippen LogP contribution in [0.5, 0.6) is 0 Å². The number of fused-ring (bicyclic) bond motifs is 5. The molecule has 9 aromatic rings. The lowest BCUT2D eigenvalue weighted by Crippen LogP contribution is -2.10. The van der Waals surface area contributed by atoms with Crippen molar-refractivity contribution < 1.29 is 0 Å². The monoisotopic (exact) mass is 623 g/mol. The molecule has 0 heterocycles. The Morgan fingerprint density at radius 3 is 1.41 bits per heavy atom. The standard InChI is InChI=1S/C48H33N/c1-4-12-34(13-5-1)35-20-25-40(26-21-35)49(42-28-31-44(36-14-6-2-7-15-36)47(32-42)37-16-8-3-9-17-37)41-27-22-39-24-29-45-43-19-11-10-18-38(43)23-30-46(45)48(39)33-41/h1-33H. The van der Waals surface area contributed by atoms with Gasteiger partial charge >= 0.3 is 0 Å². The second-order valence-corrected chi connectivity index (χ2v) is 12.6. The molecule has 9 rings (SSSR count). The first-order chi connectivity index (χ1) is 24.3. The van der Waals surface area contributed by atoms with E-state index in [1.165, 1.54) is 65.7 Å². The highest BCUT2D eigenvalue weighted by atomic mass is 15.1. The van der Waals surface area contributed by atoms with Gasteiger partial charge in [0.05, 0.1) is 0 Å². The molecule has 0 saturated heterocycles. The molecule has 0 fully saturated rings. The van der Waals surface area contributed by atoms with Gasteiger partial charge in [0, 0.05) is 17.1 Å². The van der Waals surface area contributed by atoms with Gasteiger partial charge in [-0.05, 0) is 102 Å². The van der Waals surface area contributed by atoms with E-state index in [1.54, 1.807) is 0 Å². The summed E-state index contributed by atoms with van der Waals surface area (Å²) in [5, 5.41) is 7.57. The molecule has 0 aromatic heterocycles. The normalized spacial score (nSPS) is 11.3. The Morgan fingerprint density at radius 2 is 0.714 bits per heavy atom. The first kappa shape index (κ1) is 28.8. The quantitative estimate of drug-likeness (QED) is 0.167. The average Bonchev–Trinajstić information content (AvgIpc) is 3.19. The zero-order valence-corrected chi connectivity index (χ0v) is 27.0. The maximum Gasteiger partial charge on any atom is 0.0468 e. The summed E-state index contributed by atoms with van der Waals surface area (Å²) in [6.45, 7) is 0. The number of benzene rings is 9. The van der Waals surface area contributed by atoms with Crippen LogP contribution in [0.15, 0.2) is 200 Å². The fraction of sp³-hybridized carbons (Fsp3) is 0. The summed E-state index contributed by atoms with van der Waals surface area (Å²) in [6, 6.07) is 72.5. The summed E-state index contributed by atoms with van der Waals surface area (Å²) in [5.41, 5.74) is 10.6. The van der Waals surface area contributed by atoms with Crippen LogP contribution in [0.1, 0.15) is 0 Å². The number of nitrogens with zero attached hydrogens (tertiary/aromatic N) is 1. The molecule has 0 radical (unpaired) electrons. The molecule has 0 amide bonds. The summed E-state index contributed by atoms with van der Waals surface area (Å²) in [7, 11) is 0. The van der Waals surface area contributed by atoms with Crippen molar-refractivity contribution in [2.75, 3.05) is 4.90 Å². The van der Waals surface area contributed by atoms with E-state index in [1.807, 2.05) is 0 Å². The number of hydrogen-bond acceptors (Lipinski definition) is 1. The SMILES string of the molecule is c1ccc(-c2ccc(N(c3ccc(-c4ccccc4)c(-c4ccccc4)c3)c3ccc4ccc5c6ccccc6ccc5c4c3)cc2)cc1. The van der Waals surface area contributed by atoms with Crippen LogP contribution < -0.4 is 4.90 Å². The second kappa shape index (κ2) is 12.3. The van der Waals surface area contributed by atoms with Crippen LogP contribution in [-0.4, -0.2) is 0 Å². The van der Waals surface area contributed by atoms with E-state index >= 15 is 0 Å². The molecule has 0 saturated carbocycles. The molecule has 0 atom stereocenters. The van der Waals surface area contributed by atoms with Gasteiger partial charge in [-0.25, -0.2) is 0 Å². The van der Waals surface area contributed by atoms with E-state index in [2.05, 4.69) is 205 Å². The first-order valence-electron chi connectivity index (χ1n) is 16.8. The highest BCUT2D eigenvalue weighted by molar-refractivity contribution is 6.17. The fourth-order valence-electron chi connectivity index (χ4n) is 7.22. The minimum atomic E-state index is 1.11. The number of rotatable bonds is 6. The zero-order chi connectivity index (χ0) is 32.6. The molecule has 0 N–H and O–H groups in total. The molecule has 9 aromatic carbocycles. The number of anilines is 3. The van der Waals surface area contributed by atoms with Crippen molar-refractivity contribution in [1.29, 1.82) is 0 Å². The average molecular weight is 624 g/mol. The Hall–Kier alpha value is -6.44. The zero-order valence-electron chi connectivity index (χ0n) is 27.0. The molecule has 1 nitrogen and oxygen atoms in total. The van der Waals surface area contributed by atoms with Crippen LogP contribution in [0, 0.1) is 0 Å². The Kier molecular flexibility index (Phi) is 7.22. The van der Waals surface area contributed by atoms with Crippen LogP contribution in [0.3, 0.4) is 0 Å². The van der Waals surface area contributed by atoms with Crippen molar-refractivity contribution in [2.45, 2.75) is 0 Å². The lowest BCUT2D eigenvalue weighted by atomic mass is 9.93. The van der Waals surface area contributed by atoms with Crippen LogP contribution in [-0.2, 0) is 0 Å². The molecule has 0 aliphatic heterocycles. The van der Waals surface area contributed by atoms with Gasteiger partial charge in [0.2, 0.25) is 0 Å². The molecule has 230 valence electrons. The Balaban J connectivity index is 1.26. The summed E-state index contributed by atoms with van der Waals surface area (Å²) < 4.78 is 0. The molecule has 0 aliphatic carbocycles. The van der Waals surface area contributed by atoms with Crippen LogP contribution in [0.25, 0.3) is 65.7 Å². The molecular formula is C48H33N. The lowest BCUT2D eigenvalue weighted by Gasteiger charge is -2.27. The van der Waals surface area contributed by atoms with Crippen molar-refractivity contribution in [3.63, 3.8) is 0 Å². The minimum Gasteiger partial charge on any atom is -0.310 e. The van der Waals surface area contributed by atoms with E-state index in [0.29, 0.717) is 0 Å². The largest absolute Gasteiger partial charge is 0.310 e. The summed E-state index contributed by atoms with van der Waals surface area (Å²) >= 11 is 0. The third kappa shape index (κ3) is 5.32. The van der Waals surface area contributed by atoms with E-state index in [-0.39, 0.29) is 0 Å². The maximum absolute atomic E-state index is 2.40. The smallest absolute Gasteiger partial charge is 0.0468 e. The van der Waals surface area contributed by atoms with Crippen molar-refractivity contribution in [3.8, 4) is 33.4 Å². The Bertz CT molecular complexity index is 2570. The molecule has 1 heteroatoms. The van der Waals surface area contributed by atoms with Gasteiger partial charge in [-0.1, -0.05) is 164 Å². The third-order valence-electron chi connectivity index (χ3n) is 9.65. The third-order valence-corrected chi connectivity index (χ3v) is 9.65. The van der Waals surface area contributed by atoms with E-state index in [4.69, 9.17) is 0 Å². The minimum absolute atomic E-state index is 1.11. The van der Waals surface area contributed by atoms with Gasteiger partial charge < -0.3 is 4.90 Å². The molecule has 0 spiro atoms. The highest BCUT2D eigenvalue weighted by Crippen LogP contribution is 2.42. The molecule has 0 unspecified atom stereocenters. The van der Waals surface area contributed by atoms with Crippen molar-refractivity contribution in [1.82, 2.24) is 0 Å². The first-order valence-corrected chi connectivity index (χ1v) is 16.8.